The van der Waals surface area contributed by atoms with Crippen molar-refractivity contribution < 1.29 is 19.0 Å². The third-order valence-corrected chi connectivity index (χ3v) is 2.98. The van der Waals surface area contributed by atoms with E-state index in [1.165, 1.54) is 0 Å². The number of carbonyl (C=O) groups is 1. The molecule has 0 bridgehead atoms. The molecule has 2 aromatic carbocycles. The average molecular weight is 286 g/mol. The normalized spacial score (nSPS) is 10.3. The average Bonchev–Trinajstić information content (AvgIpc) is 2.55. The van der Waals surface area contributed by atoms with Crippen LogP contribution in [0.15, 0.2) is 48.5 Å². The van der Waals surface area contributed by atoms with Gasteiger partial charge in [-0.2, -0.15) is 0 Å². The molecule has 0 heterocycles. The molecule has 0 radical (unpaired) electrons. The third-order valence-electron chi connectivity index (χ3n) is 2.98. The Morgan fingerprint density at radius 1 is 1.00 bits per heavy atom. The number of ether oxygens (including phenoxy) is 3. The van der Waals surface area contributed by atoms with Gasteiger partial charge in [0.1, 0.15) is 5.75 Å². The molecular weight excluding hydrogens is 268 g/mol. The van der Waals surface area contributed by atoms with Gasteiger partial charge in [-0.1, -0.05) is 42.5 Å². The van der Waals surface area contributed by atoms with E-state index in [0.717, 1.165) is 17.4 Å². The molecule has 0 N–H and O–H groups in total. The van der Waals surface area contributed by atoms with Crippen LogP contribution in [0.5, 0.6) is 5.75 Å². The van der Waals surface area contributed by atoms with E-state index in [0.29, 0.717) is 24.5 Å². The number of benzene rings is 2. The molecule has 0 aliphatic carbocycles. The van der Waals surface area contributed by atoms with Gasteiger partial charge in [-0.15, -0.1) is 0 Å². The van der Waals surface area contributed by atoms with Crippen LogP contribution >= 0.6 is 0 Å². The maximum Gasteiger partial charge on any atom is 0.189 e. The van der Waals surface area contributed by atoms with E-state index >= 15 is 0 Å². The number of para-hydroxylation sites is 1. The lowest BCUT2D eigenvalue weighted by Gasteiger charge is -2.14. The summed E-state index contributed by atoms with van der Waals surface area (Å²) < 4.78 is 15.9. The lowest BCUT2D eigenvalue weighted by molar-refractivity contribution is -0.00841. The Bertz CT molecular complexity index is 566. The summed E-state index contributed by atoms with van der Waals surface area (Å²) in [4.78, 5) is 11.2. The summed E-state index contributed by atoms with van der Waals surface area (Å²) in [5.41, 5.74) is 2.37. The molecule has 0 saturated heterocycles. The van der Waals surface area contributed by atoms with Gasteiger partial charge in [-0.25, -0.2) is 0 Å². The quantitative estimate of drug-likeness (QED) is 0.425. The molecule has 0 saturated carbocycles. The van der Waals surface area contributed by atoms with Crippen molar-refractivity contribution in [1.29, 1.82) is 0 Å². The first-order valence-corrected chi connectivity index (χ1v) is 6.70. The van der Waals surface area contributed by atoms with Gasteiger partial charge in [0.15, 0.2) is 13.1 Å². The second-order valence-electron chi connectivity index (χ2n) is 4.37. The van der Waals surface area contributed by atoms with Gasteiger partial charge in [0.2, 0.25) is 0 Å². The fourth-order valence-electron chi connectivity index (χ4n) is 1.96. The molecule has 0 amide bonds. The number of aldehydes is 1. The zero-order valence-electron chi connectivity index (χ0n) is 12.0. The highest BCUT2D eigenvalue weighted by atomic mass is 16.7. The van der Waals surface area contributed by atoms with Crippen LogP contribution in [0.3, 0.4) is 0 Å². The minimum Gasteiger partial charge on any atom is -0.466 e. The van der Waals surface area contributed by atoms with E-state index in [1.807, 2.05) is 42.5 Å². The fourth-order valence-corrected chi connectivity index (χ4v) is 1.96. The van der Waals surface area contributed by atoms with Crippen LogP contribution in [-0.2, 0) is 9.47 Å². The van der Waals surface area contributed by atoms with E-state index < -0.39 is 0 Å². The zero-order valence-corrected chi connectivity index (χ0v) is 12.0. The summed E-state index contributed by atoms with van der Waals surface area (Å²) in [5, 5.41) is 0. The van der Waals surface area contributed by atoms with E-state index in [4.69, 9.17) is 14.2 Å². The Balaban J connectivity index is 2.19. The van der Waals surface area contributed by atoms with Crippen LogP contribution in [-0.4, -0.2) is 33.4 Å². The molecule has 110 valence electrons. The second kappa shape index (κ2) is 8.19. The molecule has 0 atom stereocenters. The van der Waals surface area contributed by atoms with Gasteiger partial charge in [-0.05, 0) is 11.6 Å². The van der Waals surface area contributed by atoms with Crippen LogP contribution in [0.2, 0.25) is 0 Å². The van der Waals surface area contributed by atoms with Crippen LogP contribution in [0.25, 0.3) is 11.1 Å². The summed E-state index contributed by atoms with van der Waals surface area (Å²) in [7, 11) is 1.61. The van der Waals surface area contributed by atoms with Gasteiger partial charge in [-0.3, -0.25) is 4.79 Å². The molecular formula is C17H18O4. The van der Waals surface area contributed by atoms with Crippen molar-refractivity contribution >= 4 is 6.29 Å². The monoisotopic (exact) mass is 286 g/mol. The molecule has 2 rings (SSSR count). The molecule has 0 spiro atoms. The van der Waals surface area contributed by atoms with Crippen molar-refractivity contribution in [3.05, 3.63) is 54.1 Å². The van der Waals surface area contributed by atoms with Crippen LogP contribution < -0.4 is 4.74 Å². The van der Waals surface area contributed by atoms with Gasteiger partial charge in [0.25, 0.3) is 0 Å². The Morgan fingerprint density at radius 3 is 2.52 bits per heavy atom. The number of carbonyl (C=O) groups excluding carboxylic acids is 1. The van der Waals surface area contributed by atoms with E-state index in [2.05, 4.69) is 0 Å². The minimum absolute atomic E-state index is 0.0774. The highest BCUT2D eigenvalue weighted by Gasteiger charge is 2.11. The van der Waals surface area contributed by atoms with Gasteiger partial charge in [0, 0.05) is 12.7 Å². The topological polar surface area (TPSA) is 44.8 Å². The molecule has 4 heteroatoms. The summed E-state index contributed by atoms with van der Waals surface area (Å²) >= 11 is 0. The van der Waals surface area contributed by atoms with Crippen molar-refractivity contribution in [1.82, 2.24) is 0 Å². The summed E-state index contributed by atoms with van der Waals surface area (Å²) in [6.45, 7) is 1.03. The number of hydrogen-bond donors (Lipinski definition) is 0. The van der Waals surface area contributed by atoms with Crippen LogP contribution in [0, 0.1) is 0 Å². The third kappa shape index (κ3) is 4.15. The van der Waals surface area contributed by atoms with Crippen molar-refractivity contribution in [2.45, 2.75) is 0 Å². The molecule has 0 aliphatic heterocycles. The van der Waals surface area contributed by atoms with E-state index in [1.54, 1.807) is 13.2 Å². The minimum atomic E-state index is 0.0774. The molecule has 0 aromatic heterocycles. The standard InChI is InChI=1S/C17H18O4/c1-19-10-11-20-13-21-17-15(12-18)8-5-9-16(17)14-6-3-2-4-7-14/h2-9,12H,10-11,13H2,1H3. The largest absolute Gasteiger partial charge is 0.466 e. The molecule has 4 nitrogen and oxygen atoms in total. The van der Waals surface area contributed by atoms with Crippen molar-refractivity contribution in [2.75, 3.05) is 27.1 Å². The van der Waals surface area contributed by atoms with Crippen LogP contribution in [0.4, 0.5) is 0 Å². The fraction of sp³-hybridized carbons (Fsp3) is 0.235. The Kier molecular flexibility index (Phi) is 5.94. The SMILES string of the molecule is COCCOCOc1c(C=O)cccc1-c1ccccc1. The van der Waals surface area contributed by atoms with Gasteiger partial charge >= 0.3 is 0 Å². The molecule has 0 fully saturated rings. The lowest BCUT2D eigenvalue weighted by Crippen LogP contribution is -2.09. The van der Waals surface area contributed by atoms with Crippen molar-refractivity contribution in [2.24, 2.45) is 0 Å². The summed E-state index contributed by atoms with van der Waals surface area (Å²) in [6, 6.07) is 15.3. The lowest BCUT2D eigenvalue weighted by atomic mass is 10.0. The smallest absolute Gasteiger partial charge is 0.189 e. The molecule has 0 unspecified atom stereocenters. The maximum absolute atomic E-state index is 11.2. The summed E-state index contributed by atoms with van der Waals surface area (Å²) in [6.07, 6.45) is 0.789. The highest BCUT2D eigenvalue weighted by molar-refractivity contribution is 5.86. The zero-order chi connectivity index (χ0) is 14.9. The first-order chi connectivity index (χ1) is 10.4. The molecule has 0 aliphatic rings. The molecule has 21 heavy (non-hydrogen) atoms. The van der Waals surface area contributed by atoms with E-state index in [9.17, 15) is 4.79 Å². The summed E-state index contributed by atoms with van der Waals surface area (Å²) in [5.74, 6) is 0.538. The number of hydrogen-bond acceptors (Lipinski definition) is 4. The van der Waals surface area contributed by atoms with Gasteiger partial charge < -0.3 is 14.2 Å². The second-order valence-corrected chi connectivity index (χ2v) is 4.37. The maximum atomic E-state index is 11.2. The van der Waals surface area contributed by atoms with E-state index in [-0.39, 0.29) is 6.79 Å². The predicted molar refractivity (Wildman–Crippen MR) is 80.6 cm³/mol. The highest BCUT2D eigenvalue weighted by Crippen LogP contribution is 2.32. The first-order valence-electron chi connectivity index (χ1n) is 6.70. The number of methoxy groups -OCH3 is 1. The van der Waals surface area contributed by atoms with Crippen molar-refractivity contribution in [3.8, 4) is 16.9 Å². The first kappa shape index (κ1) is 15.2. The van der Waals surface area contributed by atoms with Crippen LogP contribution in [0.1, 0.15) is 10.4 Å². The Hall–Kier alpha value is -2.17. The van der Waals surface area contributed by atoms with Gasteiger partial charge in [0.05, 0.1) is 18.8 Å². The number of rotatable bonds is 8. The molecule has 2 aromatic rings. The Morgan fingerprint density at radius 2 is 1.81 bits per heavy atom. The Labute approximate surface area is 124 Å². The van der Waals surface area contributed by atoms with Crippen molar-refractivity contribution in [3.63, 3.8) is 0 Å². The predicted octanol–water partition coefficient (Wildman–Crippen LogP) is 3.17.